The van der Waals surface area contributed by atoms with E-state index >= 15 is 0 Å². The molecule has 0 aliphatic heterocycles. The van der Waals surface area contributed by atoms with E-state index in [1.165, 1.54) is 0 Å². The zero-order chi connectivity index (χ0) is 12.8. The number of hydrazine groups is 1. The lowest BCUT2D eigenvalue weighted by atomic mass is 10.1. The molecule has 0 aromatic heterocycles. The molecule has 2 aromatic rings. The second kappa shape index (κ2) is 5.84. The van der Waals surface area contributed by atoms with E-state index in [0.717, 1.165) is 11.1 Å². The van der Waals surface area contributed by atoms with E-state index in [0.29, 0.717) is 5.75 Å². The Morgan fingerprint density at radius 1 is 1.06 bits per heavy atom. The van der Waals surface area contributed by atoms with Crippen molar-refractivity contribution in [3.63, 3.8) is 0 Å². The van der Waals surface area contributed by atoms with Crippen LogP contribution in [-0.2, 0) is 4.79 Å². The standard InChI is InChI=1S/C14H14N2O2/c15-16-14(17)10-18-13-9-5-4-8-12(13)11-6-2-1-3-7-11/h1-9H,10,15H2,(H,16,17). The van der Waals surface area contributed by atoms with Crippen molar-refractivity contribution in [2.75, 3.05) is 6.61 Å². The maximum Gasteiger partial charge on any atom is 0.271 e. The van der Waals surface area contributed by atoms with E-state index in [1.807, 2.05) is 60.0 Å². The summed E-state index contributed by atoms with van der Waals surface area (Å²) in [7, 11) is 0. The molecule has 2 aromatic carbocycles. The molecule has 0 fully saturated rings. The van der Waals surface area contributed by atoms with Crippen molar-refractivity contribution in [2.24, 2.45) is 5.84 Å². The third-order valence-corrected chi connectivity index (χ3v) is 2.49. The number of carbonyl (C=O) groups excluding carboxylic acids is 1. The third-order valence-electron chi connectivity index (χ3n) is 2.49. The molecule has 0 aliphatic rings. The molecule has 0 aliphatic carbocycles. The van der Waals surface area contributed by atoms with E-state index in [9.17, 15) is 4.79 Å². The number of hydrogen-bond donors (Lipinski definition) is 2. The summed E-state index contributed by atoms with van der Waals surface area (Å²) in [5, 5.41) is 0. The van der Waals surface area contributed by atoms with Crippen LogP contribution < -0.4 is 16.0 Å². The van der Waals surface area contributed by atoms with E-state index in [1.54, 1.807) is 0 Å². The van der Waals surface area contributed by atoms with Gasteiger partial charge in [-0.25, -0.2) is 5.84 Å². The lowest BCUT2D eigenvalue weighted by molar-refractivity contribution is -0.123. The van der Waals surface area contributed by atoms with Crippen LogP contribution in [-0.4, -0.2) is 12.5 Å². The lowest BCUT2D eigenvalue weighted by Crippen LogP contribution is -2.34. The maximum atomic E-state index is 11.1. The Bertz CT molecular complexity index is 526. The molecule has 0 atom stereocenters. The summed E-state index contributed by atoms with van der Waals surface area (Å²) < 4.78 is 5.45. The van der Waals surface area contributed by atoms with Crippen molar-refractivity contribution in [1.29, 1.82) is 0 Å². The maximum absolute atomic E-state index is 11.1. The van der Waals surface area contributed by atoms with Crippen LogP contribution in [0.15, 0.2) is 54.6 Å². The van der Waals surface area contributed by atoms with Crippen LogP contribution in [0.5, 0.6) is 5.75 Å². The zero-order valence-electron chi connectivity index (χ0n) is 9.80. The summed E-state index contributed by atoms with van der Waals surface area (Å²) in [5.74, 6) is 5.30. The van der Waals surface area contributed by atoms with Gasteiger partial charge in [0.05, 0.1) is 0 Å². The van der Waals surface area contributed by atoms with Crippen LogP contribution in [0.4, 0.5) is 0 Å². The summed E-state index contributed by atoms with van der Waals surface area (Å²) in [4.78, 5) is 11.1. The summed E-state index contributed by atoms with van der Waals surface area (Å²) in [6.07, 6.45) is 0. The van der Waals surface area contributed by atoms with Gasteiger partial charge in [-0.05, 0) is 11.6 Å². The molecule has 4 heteroatoms. The van der Waals surface area contributed by atoms with Gasteiger partial charge >= 0.3 is 0 Å². The second-order valence-corrected chi connectivity index (χ2v) is 3.72. The topological polar surface area (TPSA) is 64.3 Å². The third kappa shape index (κ3) is 2.87. The summed E-state index contributed by atoms with van der Waals surface area (Å²) in [6, 6.07) is 17.4. The van der Waals surface area contributed by atoms with Gasteiger partial charge in [-0.3, -0.25) is 10.2 Å². The Kier molecular flexibility index (Phi) is 3.94. The van der Waals surface area contributed by atoms with Gasteiger partial charge in [-0.2, -0.15) is 0 Å². The van der Waals surface area contributed by atoms with Crippen molar-refractivity contribution < 1.29 is 9.53 Å². The zero-order valence-corrected chi connectivity index (χ0v) is 9.80. The van der Waals surface area contributed by atoms with Crippen LogP contribution in [0.2, 0.25) is 0 Å². The highest BCUT2D eigenvalue weighted by atomic mass is 16.5. The Labute approximate surface area is 105 Å². The molecule has 4 nitrogen and oxygen atoms in total. The van der Waals surface area contributed by atoms with Gasteiger partial charge in [-0.15, -0.1) is 0 Å². The summed E-state index contributed by atoms with van der Waals surface area (Å²) >= 11 is 0. The Morgan fingerprint density at radius 3 is 2.44 bits per heavy atom. The molecule has 0 saturated heterocycles. The number of nitrogens with one attached hydrogen (secondary N) is 1. The predicted molar refractivity (Wildman–Crippen MR) is 69.7 cm³/mol. The number of nitrogens with two attached hydrogens (primary N) is 1. The van der Waals surface area contributed by atoms with Crippen molar-refractivity contribution in [3.05, 3.63) is 54.6 Å². The van der Waals surface area contributed by atoms with E-state index in [4.69, 9.17) is 10.6 Å². The second-order valence-electron chi connectivity index (χ2n) is 3.72. The fourth-order valence-corrected chi connectivity index (χ4v) is 1.63. The van der Waals surface area contributed by atoms with E-state index in [-0.39, 0.29) is 12.5 Å². The number of carbonyl (C=O) groups is 1. The molecular weight excluding hydrogens is 228 g/mol. The summed E-state index contributed by atoms with van der Waals surface area (Å²) in [5.41, 5.74) is 4.02. The molecule has 92 valence electrons. The van der Waals surface area contributed by atoms with Crippen molar-refractivity contribution >= 4 is 5.91 Å². The van der Waals surface area contributed by atoms with Crippen LogP contribution in [0.25, 0.3) is 11.1 Å². The van der Waals surface area contributed by atoms with Crippen LogP contribution in [0.1, 0.15) is 0 Å². The fourth-order valence-electron chi connectivity index (χ4n) is 1.63. The van der Waals surface area contributed by atoms with Crippen LogP contribution >= 0.6 is 0 Å². The molecule has 3 N–H and O–H groups in total. The highest BCUT2D eigenvalue weighted by Gasteiger charge is 2.06. The Hall–Kier alpha value is -2.33. The van der Waals surface area contributed by atoms with E-state index < -0.39 is 0 Å². The first-order valence-corrected chi connectivity index (χ1v) is 5.58. The Balaban J connectivity index is 2.24. The molecule has 18 heavy (non-hydrogen) atoms. The quantitative estimate of drug-likeness (QED) is 0.487. The highest BCUT2D eigenvalue weighted by molar-refractivity contribution is 5.77. The molecule has 1 amide bonds. The molecule has 0 bridgehead atoms. The van der Waals surface area contributed by atoms with Crippen molar-refractivity contribution in [3.8, 4) is 16.9 Å². The predicted octanol–water partition coefficient (Wildman–Crippen LogP) is 1.72. The van der Waals surface area contributed by atoms with Crippen molar-refractivity contribution in [2.45, 2.75) is 0 Å². The number of ether oxygens (including phenoxy) is 1. The average Bonchev–Trinajstić information content (AvgIpc) is 2.46. The number of para-hydroxylation sites is 1. The lowest BCUT2D eigenvalue weighted by Gasteiger charge is -2.10. The number of hydrogen-bond acceptors (Lipinski definition) is 3. The number of rotatable bonds is 4. The van der Waals surface area contributed by atoms with Crippen molar-refractivity contribution in [1.82, 2.24) is 5.43 Å². The minimum Gasteiger partial charge on any atom is -0.483 e. The van der Waals surface area contributed by atoms with Gasteiger partial charge in [0.25, 0.3) is 5.91 Å². The molecule has 2 rings (SSSR count). The molecule has 0 saturated carbocycles. The molecule has 0 spiro atoms. The average molecular weight is 242 g/mol. The summed E-state index contributed by atoms with van der Waals surface area (Å²) in [6.45, 7) is -0.0969. The normalized spacial score (nSPS) is 9.83. The molecular formula is C14H14N2O2. The highest BCUT2D eigenvalue weighted by Crippen LogP contribution is 2.29. The minimum absolute atomic E-state index is 0.0969. The van der Waals surface area contributed by atoms with Gasteiger partial charge in [0.15, 0.2) is 6.61 Å². The first-order valence-electron chi connectivity index (χ1n) is 5.58. The SMILES string of the molecule is NNC(=O)COc1ccccc1-c1ccccc1. The first-order chi connectivity index (χ1) is 8.81. The van der Waals surface area contributed by atoms with Crippen LogP contribution in [0.3, 0.4) is 0 Å². The van der Waals surface area contributed by atoms with Gasteiger partial charge in [0.2, 0.25) is 0 Å². The van der Waals surface area contributed by atoms with Gasteiger partial charge in [-0.1, -0.05) is 48.5 Å². The van der Waals surface area contributed by atoms with Gasteiger partial charge < -0.3 is 4.74 Å². The minimum atomic E-state index is -0.363. The smallest absolute Gasteiger partial charge is 0.271 e. The van der Waals surface area contributed by atoms with E-state index in [2.05, 4.69) is 0 Å². The molecule has 0 heterocycles. The molecule has 0 radical (unpaired) electrons. The van der Waals surface area contributed by atoms with Crippen LogP contribution in [0, 0.1) is 0 Å². The molecule has 0 unspecified atom stereocenters. The Morgan fingerprint density at radius 2 is 1.72 bits per heavy atom. The van der Waals surface area contributed by atoms with Gasteiger partial charge in [0.1, 0.15) is 5.75 Å². The number of amides is 1. The van der Waals surface area contributed by atoms with Gasteiger partial charge in [0, 0.05) is 5.56 Å². The monoisotopic (exact) mass is 242 g/mol. The fraction of sp³-hybridized carbons (Fsp3) is 0.0714. The largest absolute Gasteiger partial charge is 0.483 e. The number of benzene rings is 2. The first kappa shape index (κ1) is 12.1.